The minimum atomic E-state index is 1.04. The van der Waals surface area contributed by atoms with E-state index in [9.17, 15) is 0 Å². The summed E-state index contributed by atoms with van der Waals surface area (Å²) >= 11 is 0. The smallest absolute Gasteiger partial charge is 0.128 e. The quantitative estimate of drug-likeness (QED) is 0.328. The van der Waals surface area contributed by atoms with Gasteiger partial charge in [0.1, 0.15) is 5.82 Å². The maximum absolute atomic E-state index is 4.84. The second kappa shape index (κ2) is 14.4. The fourth-order valence-electron chi connectivity index (χ4n) is 3.14. The molecule has 0 atom stereocenters. The van der Waals surface area contributed by atoms with Crippen molar-refractivity contribution in [3.63, 3.8) is 0 Å². The van der Waals surface area contributed by atoms with Gasteiger partial charge in [-0.3, -0.25) is 0 Å². The lowest BCUT2D eigenvalue weighted by molar-refractivity contribution is 0.616. The standard InChI is InChI=1S/C22H40N2/c1-4-7-10-12-14-16-20-19-21(17-15-13-11-8-5-2)24-22(23-20)18-9-6-3/h19H,4-18H2,1-3H3. The van der Waals surface area contributed by atoms with Crippen LogP contribution < -0.4 is 0 Å². The molecule has 1 aromatic rings. The lowest BCUT2D eigenvalue weighted by Crippen LogP contribution is -2.04. The average molecular weight is 333 g/mol. The van der Waals surface area contributed by atoms with Gasteiger partial charge in [-0.2, -0.15) is 0 Å². The van der Waals surface area contributed by atoms with Crippen molar-refractivity contribution in [1.82, 2.24) is 9.97 Å². The zero-order valence-corrected chi connectivity index (χ0v) is 16.6. The summed E-state index contributed by atoms with van der Waals surface area (Å²) in [4.78, 5) is 9.67. The third kappa shape index (κ3) is 10.1. The SMILES string of the molecule is CCCCCCCc1cc(CCCCCCC)nc(CCCC)n1. The molecule has 0 aromatic carbocycles. The van der Waals surface area contributed by atoms with E-state index >= 15 is 0 Å². The molecule has 0 radical (unpaired) electrons. The molecule has 0 aliphatic rings. The first kappa shape index (κ1) is 21.1. The van der Waals surface area contributed by atoms with Gasteiger partial charge >= 0.3 is 0 Å². The van der Waals surface area contributed by atoms with E-state index in [2.05, 4.69) is 26.8 Å². The Bertz CT molecular complexity index is 382. The van der Waals surface area contributed by atoms with Crippen molar-refractivity contribution in [2.75, 3.05) is 0 Å². The van der Waals surface area contributed by atoms with Crippen molar-refractivity contribution in [3.8, 4) is 0 Å². The topological polar surface area (TPSA) is 25.8 Å². The number of unbranched alkanes of at least 4 members (excludes halogenated alkanes) is 9. The zero-order valence-electron chi connectivity index (χ0n) is 16.6. The Morgan fingerprint density at radius 1 is 0.542 bits per heavy atom. The third-order valence-corrected chi connectivity index (χ3v) is 4.71. The molecule has 0 bridgehead atoms. The predicted octanol–water partition coefficient (Wildman–Crippen LogP) is 6.85. The van der Waals surface area contributed by atoms with Gasteiger partial charge < -0.3 is 0 Å². The fraction of sp³-hybridized carbons (Fsp3) is 0.818. The van der Waals surface area contributed by atoms with Crippen LogP contribution in [0.1, 0.15) is 115 Å². The summed E-state index contributed by atoms with van der Waals surface area (Å²) in [6.45, 7) is 6.79. The molecule has 0 aliphatic heterocycles. The summed E-state index contributed by atoms with van der Waals surface area (Å²) in [7, 11) is 0. The van der Waals surface area contributed by atoms with Crippen LogP contribution in [0.5, 0.6) is 0 Å². The number of aromatic nitrogens is 2. The van der Waals surface area contributed by atoms with Crippen LogP contribution in [0, 0.1) is 0 Å². The van der Waals surface area contributed by atoms with Gasteiger partial charge in [-0.1, -0.05) is 78.6 Å². The first-order valence-corrected chi connectivity index (χ1v) is 10.7. The summed E-state index contributed by atoms with van der Waals surface area (Å²) in [5.41, 5.74) is 2.58. The molecule has 0 amide bonds. The Balaban J connectivity index is 2.52. The van der Waals surface area contributed by atoms with E-state index in [0.717, 1.165) is 25.1 Å². The van der Waals surface area contributed by atoms with Crippen LogP contribution in [0.4, 0.5) is 0 Å². The van der Waals surface area contributed by atoms with Crippen molar-refractivity contribution < 1.29 is 0 Å². The van der Waals surface area contributed by atoms with E-state index in [0.29, 0.717) is 0 Å². The normalized spacial score (nSPS) is 11.1. The van der Waals surface area contributed by atoms with Crippen LogP contribution >= 0.6 is 0 Å². The minimum absolute atomic E-state index is 1.04. The molecule has 0 spiro atoms. The fourth-order valence-corrected chi connectivity index (χ4v) is 3.14. The largest absolute Gasteiger partial charge is 0.238 e. The number of hydrogen-bond acceptors (Lipinski definition) is 2. The summed E-state index contributed by atoms with van der Waals surface area (Å²) in [6.07, 6.45) is 19.1. The van der Waals surface area contributed by atoms with Crippen molar-refractivity contribution in [2.24, 2.45) is 0 Å². The Kier molecular flexibility index (Phi) is 12.7. The van der Waals surface area contributed by atoms with Gasteiger partial charge in [0.05, 0.1) is 0 Å². The van der Waals surface area contributed by atoms with Gasteiger partial charge in [-0.05, 0) is 38.2 Å². The zero-order chi connectivity index (χ0) is 17.5. The molecule has 2 nitrogen and oxygen atoms in total. The lowest BCUT2D eigenvalue weighted by atomic mass is 10.1. The van der Waals surface area contributed by atoms with Gasteiger partial charge in [0, 0.05) is 17.8 Å². The van der Waals surface area contributed by atoms with Crippen LogP contribution in [0.25, 0.3) is 0 Å². The Morgan fingerprint density at radius 2 is 1.00 bits per heavy atom. The molecule has 1 aromatic heterocycles. The lowest BCUT2D eigenvalue weighted by Gasteiger charge is -2.08. The third-order valence-electron chi connectivity index (χ3n) is 4.71. The highest BCUT2D eigenvalue weighted by molar-refractivity contribution is 5.12. The average Bonchev–Trinajstić information content (AvgIpc) is 2.59. The molecule has 24 heavy (non-hydrogen) atoms. The van der Waals surface area contributed by atoms with E-state index < -0.39 is 0 Å². The van der Waals surface area contributed by atoms with Gasteiger partial charge in [-0.15, -0.1) is 0 Å². The molecule has 0 saturated carbocycles. The molecule has 0 fully saturated rings. The molecule has 138 valence electrons. The van der Waals surface area contributed by atoms with E-state index in [1.54, 1.807) is 0 Å². The predicted molar refractivity (Wildman–Crippen MR) is 106 cm³/mol. The first-order chi connectivity index (χ1) is 11.8. The van der Waals surface area contributed by atoms with Crippen molar-refractivity contribution in [3.05, 3.63) is 23.3 Å². The van der Waals surface area contributed by atoms with Gasteiger partial charge in [0.2, 0.25) is 0 Å². The Labute approximate surface area is 150 Å². The minimum Gasteiger partial charge on any atom is -0.238 e. The van der Waals surface area contributed by atoms with E-state index in [4.69, 9.17) is 9.97 Å². The van der Waals surface area contributed by atoms with E-state index in [1.807, 2.05) is 0 Å². The molecule has 0 N–H and O–H groups in total. The number of nitrogens with zero attached hydrogens (tertiary/aromatic N) is 2. The molecule has 2 heteroatoms. The van der Waals surface area contributed by atoms with Crippen LogP contribution in [-0.4, -0.2) is 9.97 Å². The summed E-state index contributed by atoms with van der Waals surface area (Å²) in [6, 6.07) is 2.29. The molecular weight excluding hydrogens is 292 g/mol. The molecule has 0 aliphatic carbocycles. The maximum Gasteiger partial charge on any atom is 0.128 e. The molecule has 0 saturated heterocycles. The molecular formula is C22H40N2. The highest BCUT2D eigenvalue weighted by atomic mass is 14.9. The maximum atomic E-state index is 4.84. The van der Waals surface area contributed by atoms with Crippen LogP contribution in [0.15, 0.2) is 6.07 Å². The molecule has 1 rings (SSSR count). The Hall–Kier alpha value is -0.920. The first-order valence-electron chi connectivity index (χ1n) is 10.7. The van der Waals surface area contributed by atoms with Gasteiger partial charge in [0.15, 0.2) is 0 Å². The van der Waals surface area contributed by atoms with Crippen LogP contribution in [-0.2, 0) is 19.3 Å². The van der Waals surface area contributed by atoms with Crippen molar-refractivity contribution in [2.45, 2.75) is 117 Å². The van der Waals surface area contributed by atoms with E-state index in [-0.39, 0.29) is 0 Å². The van der Waals surface area contributed by atoms with Gasteiger partial charge in [-0.25, -0.2) is 9.97 Å². The summed E-state index contributed by atoms with van der Waals surface area (Å²) in [5.74, 6) is 1.09. The van der Waals surface area contributed by atoms with Gasteiger partial charge in [0.25, 0.3) is 0 Å². The Morgan fingerprint density at radius 3 is 1.46 bits per heavy atom. The van der Waals surface area contributed by atoms with Crippen molar-refractivity contribution >= 4 is 0 Å². The number of rotatable bonds is 15. The second-order valence-corrected chi connectivity index (χ2v) is 7.20. The monoisotopic (exact) mass is 332 g/mol. The highest BCUT2D eigenvalue weighted by Gasteiger charge is 2.05. The van der Waals surface area contributed by atoms with Crippen LogP contribution in [0.3, 0.4) is 0 Å². The number of hydrogen-bond donors (Lipinski definition) is 0. The number of aryl methyl sites for hydroxylation is 3. The van der Waals surface area contributed by atoms with Crippen LogP contribution in [0.2, 0.25) is 0 Å². The molecule has 1 heterocycles. The molecule has 0 unspecified atom stereocenters. The summed E-state index contributed by atoms with van der Waals surface area (Å²) < 4.78 is 0. The van der Waals surface area contributed by atoms with Crippen molar-refractivity contribution in [1.29, 1.82) is 0 Å². The highest BCUT2D eigenvalue weighted by Crippen LogP contribution is 2.13. The second-order valence-electron chi connectivity index (χ2n) is 7.20. The summed E-state index contributed by atoms with van der Waals surface area (Å²) in [5, 5.41) is 0. The van der Waals surface area contributed by atoms with E-state index in [1.165, 1.54) is 88.4 Å².